The fourth-order valence-electron chi connectivity index (χ4n) is 4.92. The van der Waals surface area contributed by atoms with Gasteiger partial charge in [-0.15, -0.1) is 0 Å². The van der Waals surface area contributed by atoms with Gasteiger partial charge in [0.2, 0.25) is 0 Å². The molecular formula is C37H60P2. The Balaban J connectivity index is 2.86. The van der Waals surface area contributed by atoms with E-state index >= 15 is 0 Å². The molecule has 0 aliphatic heterocycles. The third-order valence-corrected chi connectivity index (χ3v) is 10.2. The van der Waals surface area contributed by atoms with Gasteiger partial charge in [0.15, 0.2) is 0 Å². The molecule has 0 saturated heterocycles. The molecule has 0 bridgehead atoms. The SMILES string of the molecule is CC(C)(C)c1cc(C(C)(C)C)c(P=CPc2c(C(C)(C)C)cc(C(C)(C)C)cc2C(C)(C)C)c(C(C)(C)C)c1. The van der Waals surface area contributed by atoms with Crippen molar-refractivity contribution < 1.29 is 0 Å². The quantitative estimate of drug-likeness (QED) is 0.324. The van der Waals surface area contributed by atoms with E-state index in [9.17, 15) is 0 Å². The second-order valence-electron chi connectivity index (χ2n) is 17.8. The van der Waals surface area contributed by atoms with Gasteiger partial charge in [-0.3, -0.25) is 0 Å². The number of rotatable bonds is 3. The highest BCUT2D eigenvalue weighted by atomic mass is 31.1. The summed E-state index contributed by atoms with van der Waals surface area (Å²) in [5, 5.41) is 3.06. The Hall–Kier alpha value is -0.960. The third kappa shape index (κ3) is 8.52. The maximum atomic E-state index is 2.58. The van der Waals surface area contributed by atoms with E-state index in [0.717, 1.165) is 0 Å². The molecule has 1 unspecified atom stereocenters. The predicted molar refractivity (Wildman–Crippen MR) is 186 cm³/mol. The van der Waals surface area contributed by atoms with Crippen LogP contribution in [0.5, 0.6) is 0 Å². The van der Waals surface area contributed by atoms with Crippen molar-refractivity contribution in [2.24, 2.45) is 0 Å². The van der Waals surface area contributed by atoms with Crippen LogP contribution in [-0.2, 0) is 32.5 Å². The van der Waals surface area contributed by atoms with Crippen LogP contribution in [0.4, 0.5) is 0 Å². The normalized spacial score (nSPS) is 14.7. The van der Waals surface area contributed by atoms with Crippen molar-refractivity contribution in [1.82, 2.24) is 0 Å². The van der Waals surface area contributed by atoms with E-state index in [2.05, 4.69) is 154 Å². The Bertz CT molecular complexity index is 1130. The minimum atomic E-state index is 0.0854. The zero-order valence-corrected chi connectivity index (χ0v) is 30.7. The van der Waals surface area contributed by atoms with Crippen molar-refractivity contribution in [3.63, 3.8) is 0 Å². The summed E-state index contributed by atoms with van der Waals surface area (Å²) < 4.78 is 0. The lowest BCUT2D eigenvalue weighted by Crippen LogP contribution is -2.30. The van der Waals surface area contributed by atoms with Crippen LogP contribution < -0.4 is 10.6 Å². The highest BCUT2D eigenvalue weighted by molar-refractivity contribution is 7.76. The molecule has 0 aromatic heterocycles. The van der Waals surface area contributed by atoms with Gasteiger partial charge in [-0.2, -0.15) is 0 Å². The van der Waals surface area contributed by atoms with Crippen molar-refractivity contribution in [2.75, 3.05) is 0 Å². The van der Waals surface area contributed by atoms with E-state index in [4.69, 9.17) is 0 Å². The second kappa shape index (κ2) is 11.0. The van der Waals surface area contributed by atoms with Gasteiger partial charge < -0.3 is 0 Å². The fraction of sp³-hybridized carbons (Fsp3) is 0.649. The van der Waals surface area contributed by atoms with Crippen LogP contribution in [0.1, 0.15) is 158 Å². The Morgan fingerprint density at radius 2 is 0.718 bits per heavy atom. The first kappa shape index (κ1) is 34.2. The molecule has 0 nitrogen and oxygen atoms in total. The molecule has 0 fully saturated rings. The van der Waals surface area contributed by atoms with Crippen LogP contribution in [0.3, 0.4) is 0 Å². The van der Waals surface area contributed by atoms with Gasteiger partial charge in [-0.05, 0) is 76.7 Å². The average molecular weight is 567 g/mol. The average Bonchev–Trinajstić information content (AvgIpc) is 2.68. The molecule has 39 heavy (non-hydrogen) atoms. The molecular weight excluding hydrogens is 506 g/mol. The Morgan fingerprint density at radius 1 is 0.436 bits per heavy atom. The molecule has 0 saturated carbocycles. The summed E-state index contributed by atoms with van der Waals surface area (Å²) in [6, 6.07) is 10.0. The molecule has 1 atom stereocenters. The van der Waals surface area contributed by atoms with Crippen molar-refractivity contribution >= 4 is 32.9 Å². The lowest BCUT2D eigenvalue weighted by atomic mass is 9.75. The summed E-state index contributed by atoms with van der Waals surface area (Å²) in [7, 11) is 2.00. The fourth-order valence-corrected chi connectivity index (χ4v) is 8.50. The first-order valence-electron chi connectivity index (χ1n) is 14.8. The predicted octanol–water partition coefficient (Wildman–Crippen LogP) is 10.8. The smallest absolute Gasteiger partial charge is 0.00931 e. The Kier molecular flexibility index (Phi) is 9.69. The molecule has 2 heteroatoms. The monoisotopic (exact) mass is 566 g/mol. The van der Waals surface area contributed by atoms with E-state index in [1.165, 1.54) is 46.9 Å². The lowest BCUT2D eigenvalue weighted by molar-refractivity contribution is 0.553. The number of benzene rings is 2. The Morgan fingerprint density at radius 3 is 0.974 bits per heavy atom. The van der Waals surface area contributed by atoms with E-state index in [1.54, 1.807) is 5.30 Å². The van der Waals surface area contributed by atoms with Crippen molar-refractivity contribution in [3.05, 3.63) is 57.6 Å². The maximum absolute atomic E-state index is 2.58. The van der Waals surface area contributed by atoms with E-state index in [1.807, 2.05) is 0 Å². The molecule has 2 aromatic rings. The topological polar surface area (TPSA) is 0 Å². The van der Waals surface area contributed by atoms with Crippen LogP contribution in [0.2, 0.25) is 0 Å². The summed E-state index contributed by atoms with van der Waals surface area (Å²) in [5.74, 6) is 0. The number of hydrogen-bond donors (Lipinski definition) is 0. The van der Waals surface area contributed by atoms with E-state index < -0.39 is 0 Å². The standard InChI is InChI=1S/C37H60P2/c1-32(2,3)24-19-26(34(7,8)9)30(27(20-24)35(10,11)12)38-23-39-31-28(36(13,14)15)21-25(33(4,5)6)22-29(31)37(16,17)18/h19-23,38H,1-18H3. The van der Waals surface area contributed by atoms with Crippen LogP contribution in [-0.4, -0.2) is 5.54 Å². The van der Waals surface area contributed by atoms with Gasteiger partial charge in [-0.1, -0.05) is 166 Å². The van der Waals surface area contributed by atoms with Crippen LogP contribution in [0.25, 0.3) is 0 Å². The molecule has 0 N–H and O–H groups in total. The zero-order valence-electron chi connectivity index (χ0n) is 28.8. The van der Waals surface area contributed by atoms with Crippen LogP contribution in [0, 0.1) is 0 Å². The van der Waals surface area contributed by atoms with Gasteiger partial charge in [-0.25, -0.2) is 0 Å². The molecule has 0 spiro atoms. The molecule has 2 aromatic carbocycles. The van der Waals surface area contributed by atoms with E-state index in [0.29, 0.717) is 8.58 Å². The third-order valence-electron chi connectivity index (χ3n) is 7.61. The largest absolute Gasteiger partial charge is 0.0672 e. The van der Waals surface area contributed by atoms with Gasteiger partial charge in [0.05, 0.1) is 0 Å². The summed E-state index contributed by atoms with van der Waals surface area (Å²) in [5.41, 5.74) is 12.1. The molecule has 218 valence electrons. The van der Waals surface area contributed by atoms with Crippen LogP contribution in [0.15, 0.2) is 24.3 Å². The minimum absolute atomic E-state index is 0.0854. The highest BCUT2D eigenvalue weighted by Crippen LogP contribution is 2.38. The highest BCUT2D eigenvalue weighted by Gasteiger charge is 2.30. The van der Waals surface area contributed by atoms with Gasteiger partial charge in [0, 0.05) is 5.30 Å². The van der Waals surface area contributed by atoms with Crippen molar-refractivity contribution in [2.45, 2.75) is 157 Å². The molecule has 0 aliphatic rings. The molecule has 0 amide bonds. The van der Waals surface area contributed by atoms with Crippen LogP contribution >= 0.6 is 16.8 Å². The number of hydrogen-bond acceptors (Lipinski definition) is 0. The summed E-state index contributed by atoms with van der Waals surface area (Å²) in [6.07, 6.45) is 0. The maximum Gasteiger partial charge on any atom is 0.00931 e. The molecule has 2 rings (SSSR count). The summed E-state index contributed by atoms with van der Waals surface area (Å²) in [4.78, 5) is 0. The molecule has 0 heterocycles. The summed E-state index contributed by atoms with van der Waals surface area (Å²) in [6.45, 7) is 42.6. The van der Waals surface area contributed by atoms with Crippen molar-refractivity contribution in [1.29, 1.82) is 0 Å². The van der Waals surface area contributed by atoms with E-state index in [-0.39, 0.29) is 32.5 Å². The Labute approximate surface area is 247 Å². The summed E-state index contributed by atoms with van der Waals surface area (Å²) >= 11 is 0. The second-order valence-corrected chi connectivity index (χ2v) is 20.3. The lowest BCUT2D eigenvalue weighted by Gasteiger charge is -2.33. The first-order valence-corrected chi connectivity index (χ1v) is 16.9. The van der Waals surface area contributed by atoms with Crippen molar-refractivity contribution in [3.8, 4) is 0 Å². The van der Waals surface area contributed by atoms with Gasteiger partial charge in [0.1, 0.15) is 0 Å². The van der Waals surface area contributed by atoms with Gasteiger partial charge in [0.25, 0.3) is 0 Å². The zero-order chi connectivity index (χ0) is 30.6. The van der Waals surface area contributed by atoms with Gasteiger partial charge >= 0.3 is 0 Å². The minimum Gasteiger partial charge on any atom is -0.0672 e. The molecule has 0 radical (unpaired) electrons. The first-order chi connectivity index (χ1) is 17.1. The molecule has 0 aliphatic carbocycles.